The number of halogens is 1. The van der Waals surface area contributed by atoms with Crippen LogP contribution in [0.15, 0.2) is 59.6 Å². The Bertz CT molecular complexity index is 763. The first kappa shape index (κ1) is 18.5. The summed E-state index contributed by atoms with van der Waals surface area (Å²) in [7, 11) is 0. The van der Waals surface area contributed by atoms with E-state index in [0.717, 1.165) is 17.8 Å². The van der Waals surface area contributed by atoms with E-state index in [1.165, 1.54) is 31.4 Å². The Morgan fingerprint density at radius 2 is 1.88 bits per heavy atom. The average molecular weight is 368 g/mol. The normalized spacial score (nSPS) is 18.5. The highest BCUT2D eigenvalue weighted by molar-refractivity contribution is 6.30. The van der Waals surface area contributed by atoms with Gasteiger partial charge in [-0.3, -0.25) is 0 Å². The summed E-state index contributed by atoms with van der Waals surface area (Å²) in [4.78, 5) is 6.92. The van der Waals surface area contributed by atoms with E-state index in [9.17, 15) is 0 Å². The summed E-state index contributed by atoms with van der Waals surface area (Å²) in [5, 5.41) is 0.692. The van der Waals surface area contributed by atoms with Gasteiger partial charge in [0.1, 0.15) is 5.84 Å². The van der Waals surface area contributed by atoms with Gasteiger partial charge in [-0.1, -0.05) is 36.7 Å². The molecule has 0 aromatic heterocycles. The van der Waals surface area contributed by atoms with E-state index in [4.69, 9.17) is 17.3 Å². The van der Waals surface area contributed by atoms with Gasteiger partial charge in [-0.15, -0.1) is 0 Å². The minimum absolute atomic E-state index is 0.471. The molecule has 2 N–H and O–H groups in total. The minimum atomic E-state index is 0.471. The van der Waals surface area contributed by atoms with Crippen LogP contribution in [-0.2, 0) is 0 Å². The van der Waals surface area contributed by atoms with Crippen molar-refractivity contribution in [3.63, 3.8) is 0 Å². The molecule has 1 fully saturated rings. The topological polar surface area (TPSA) is 41.6 Å². The second kappa shape index (κ2) is 8.91. The van der Waals surface area contributed by atoms with Crippen molar-refractivity contribution in [1.82, 2.24) is 0 Å². The van der Waals surface area contributed by atoms with Crippen molar-refractivity contribution in [2.45, 2.75) is 38.6 Å². The fourth-order valence-corrected chi connectivity index (χ4v) is 3.55. The number of aliphatic imine (C=N–C) groups is 1. The van der Waals surface area contributed by atoms with Crippen LogP contribution >= 0.6 is 11.6 Å². The summed E-state index contributed by atoms with van der Waals surface area (Å²) >= 11 is 5.88. The monoisotopic (exact) mass is 367 g/mol. The van der Waals surface area contributed by atoms with E-state index in [0.29, 0.717) is 16.9 Å². The molecule has 0 amide bonds. The summed E-state index contributed by atoms with van der Waals surface area (Å²) in [5.41, 5.74) is 9.23. The molecule has 0 bridgehead atoms. The second-order valence-corrected chi connectivity index (χ2v) is 7.13. The number of piperidine rings is 1. The maximum Gasteiger partial charge on any atom is 0.124 e. The highest BCUT2D eigenvalue weighted by Crippen LogP contribution is 2.26. The summed E-state index contributed by atoms with van der Waals surface area (Å²) in [6.45, 7) is 3.44. The maximum atomic E-state index is 6.00. The van der Waals surface area contributed by atoms with Gasteiger partial charge in [-0.25, -0.2) is 4.99 Å². The van der Waals surface area contributed by atoms with Crippen LogP contribution in [0.4, 0.5) is 11.4 Å². The highest BCUT2D eigenvalue weighted by Gasteiger charge is 2.20. The van der Waals surface area contributed by atoms with Gasteiger partial charge in [0.15, 0.2) is 0 Å². The fourth-order valence-electron chi connectivity index (χ4n) is 3.43. The first-order valence-corrected chi connectivity index (χ1v) is 9.68. The molecule has 0 saturated carbocycles. The van der Waals surface area contributed by atoms with Crippen LogP contribution in [0, 0.1) is 0 Å². The molecule has 1 unspecified atom stereocenters. The Labute approximate surface area is 161 Å². The molecular weight excluding hydrogens is 342 g/mol. The Morgan fingerprint density at radius 1 is 1.15 bits per heavy atom. The van der Waals surface area contributed by atoms with Crippen LogP contribution in [0.25, 0.3) is 6.08 Å². The van der Waals surface area contributed by atoms with E-state index in [1.54, 1.807) is 12.1 Å². The van der Waals surface area contributed by atoms with Crippen molar-refractivity contribution < 1.29 is 0 Å². The molecule has 0 radical (unpaired) electrons. The number of hydrogen-bond donors (Lipinski definition) is 1. The third-order valence-corrected chi connectivity index (χ3v) is 5.11. The van der Waals surface area contributed by atoms with Gasteiger partial charge in [0.05, 0.1) is 5.69 Å². The molecule has 2 aromatic carbocycles. The quantitative estimate of drug-likeness (QED) is 0.535. The lowest BCUT2D eigenvalue weighted by molar-refractivity contribution is 0.450. The molecule has 3 nitrogen and oxygen atoms in total. The molecule has 136 valence electrons. The Kier molecular flexibility index (Phi) is 6.35. The van der Waals surface area contributed by atoms with E-state index < -0.39 is 0 Å². The van der Waals surface area contributed by atoms with Gasteiger partial charge in [-0.2, -0.15) is 0 Å². The minimum Gasteiger partial charge on any atom is -0.384 e. The van der Waals surface area contributed by atoms with Gasteiger partial charge in [-0.05, 0) is 73.7 Å². The predicted molar refractivity (Wildman–Crippen MR) is 113 cm³/mol. The van der Waals surface area contributed by atoms with Crippen molar-refractivity contribution in [1.29, 1.82) is 0 Å². The number of hydrogen-bond acceptors (Lipinski definition) is 2. The lowest BCUT2D eigenvalue weighted by Crippen LogP contribution is -2.39. The van der Waals surface area contributed by atoms with Crippen LogP contribution in [0.1, 0.15) is 38.2 Å². The van der Waals surface area contributed by atoms with Gasteiger partial charge in [0.2, 0.25) is 0 Å². The standard InChI is InChI=1S/C22H26ClN3/c1-2-20-5-3-4-16-26(20)21-13-6-17(7-14-21)8-15-22(24)25-19-11-9-18(23)10-12-19/h6-15,20H,2-5,16H2,1H3,(H2,24,25). The number of benzene rings is 2. The SMILES string of the molecule is CCC1CCCCN1c1ccc(C=CC(N)=Nc2ccc(Cl)cc2)cc1. The molecule has 1 heterocycles. The van der Waals surface area contributed by atoms with Crippen LogP contribution in [0.2, 0.25) is 5.02 Å². The Balaban J connectivity index is 1.66. The fraction of sp³-hybridized carbons (Fsp3) is 0.318. The van der Waals surface area contributed by atoms with Crippen molar-refractivity contribution >= 4 is 34.9 Å². The molecule has 4 heteroatoms. The molecule has 2 aromatic rings. The van der Waals surface area contributed by atoms with Crippen LogP contribution < -0.4 is 10.6 Å². The maximum absolute atomic E-state index is 6.00. The van der Waals surface area contributed by atoms with Crippen LogP contribution in [-0.4, -0.2) is 18.4 Å². The van der Waals surface area contributed by atoms with Crippen molar-refractivity contribution in [3.8, 4) is 0 Å². The van der Waals surface area contributed by atoms with E-state index in [2.05, 4.69) is 41.1 Å². The smallest absolute Gasteiger partial charge is 0.124 e. The molecule has 0 spiro atoms. The van der Waals surface area contributed by atoms with Crippen molar-refractivity contribution in [2.75, 3.05) is 11.4 Å². The third-order valence-electron chi connectivity index (χ3n) is 4.85. The number of rotatable bonds is 5. The second-order valence-electron chi connectivity index (χ2n) is 6.69. The number of amidine groups is 1. The van der Waals surface area contributed by atoms with Gasteiger partial charge >= 0.3 is 0 Å². The molecule has 0 aliphatic carbocycles. The average Bonchev–Trinajstić information content (AvgIpc) is 2.68. The first-order chi connectivity index (χ1) is 12.7. The Morgan fingerprint density at radius 3 is 2.58 bits per heavy atom. The number of nitrogens with zero attached hydrogens (tertiary/aromatic N) is 2. The zero-order valence-electron chi connectivity index (χ0n) is 15.2. The summed E-state index contributed by atoms with van der Waals surface area (Å²) in [6.07, 6.45) is 8.97. The third kappa shape index (κ3) is 4.89. The van der Waals surface area contributed by atoms with Crippen LogP contribution in [0.3, 0.4) is 0 Å². The van der Waals surface area contributed by atoms with Gasteiger partial charge in [0, 0.05) is 23.3 Å². The van der Waals surface area contributed by atoms with Crippen LogP contribution in [0.5, 0.6) is 0 Å². The van der Waals surface area contributed by atoms with Gasteiger partial charge in [0.25, 0.3) is 0 Å². The Hall–Kier alpha value is -2.26. The van der Waals surface area contributed by atoms with E-state index >= 15 is 0 Å². The number of anilines is 1. The molecular formula is C22H26ClN3. The molecule has 1 aliphatic rings. The zero-order valence-corrected chi connectivity index (χ0v) is 16.0. The summed E-state index contributed by atoms with van der Waals surface area (Å²) < 4.78 is 0. The van der Waals surface area contributed by atoms with E-state index in [-0.39, 0.29) is 0 Å². The van der Waals surface area contributed by atoms with Gasteiger partial charge < -0.3 is 10.6 Å². The van der Waals surface area contributed by atoms with Crippen molar-refractivity contribution in [3.05, 3.63) is 65.2 Å². The van der Waals surface area contributed by atoms with Crippen molar-refractivity contribution in [2.24, 2.45) is 10.7 Å². The summed E-state index contributed by atoms with van der Waals surface area (Å²) in [6, 6.07) is 16.7. The molecule has 1 saturated heterocycles. The largest absolute Gasteiger partial charge is 0.384 e. The molecule has 1 atom stereocenters. The summed E-state index contributed by atoms with van der Waals surface area (Å²) in [5.74, 6) is 0.471. The molecule has 26 heavy (non-hydrogen) atoms. The number of nitrogens with two attached hydrogens (primary N) is 1. The lowest BCUT2D eigenvalue weighted by atomic mass is 9.99. The first-order valence-electron chi connectivity index (χ1n) is 9.30. The highest BCUT2D eigenvalue weighted by atomic mass is 35.5. The predicted octanol–water partition coefficient (Wildman–Crippen LogP) is 5.81. The molecule has 3 rings (SSSR count). The lowest BCUT2D eigenvalue weighted by Gasteiger charge is -2.37. The van der Waals surface area contributed by atoms with E-state index in [1.807, 2.05) is 24.3 Å². The molecule has 1 aliphatic heterocycles. The zero-order chi connectivity index (χ0) is 18.4.